The Bertz CT molecular complexity index is 3740. The van der Waals surface area contributed by atoms with E-state index in [-0.39, 0.29) is 5.41 Å². The number of hydrogen-bond donors (Lipinski definition) is 0. The van der Waals surface area contributed by atoms with Gasteiger partial charge in [-0.1, -0.05) is 172 Å². The summed E-state index contributed by atoms with van der Waals surface area (Å²) in [7, 11) is 0. The lowest BCUT2D eigenvalue weighted by Gasteiger charge is -2.24. The minimum absolute atomic E-state index is 0.149. The number of fused-ring (bicyclic) bond motifs is 12. The van der Waals surface area contributed by atoms with E-state index in [1.807, 2.05) is 0 Å². The molecular formula is C59H38O. The Hall–Kier alpha value is -7.48. The van der Waals surface area contributed by atoms with E-state index in [2.05, 4.69) is 208 Å². The first-order valence-electron chi connectivity index (χ1n) is 21.0. The van der Waals surface area contributed by atoms with Gasteiger partial charge in [0.15, 0.2) is 0 Å². The predicted molar refractivity (Wildman–Crippen MR) is 255 cm³/mol. The van der Waals surface area contributed by atoms with Gasteiger partial charge in [-0.05, 0) is 146 Å². The Kier molecular flexibility index (Phi) is 6.85. The van der Waals surface area contributed by atoms with Crippen LogP contribution in [0.3, 0.4) is 0 Å². The summed E-state index contributed by atoms with van der Waals surface area (Å²) in [6, 6.07) is 72.0. The van der Waals surface area contributed by atoms with Crippen molar-refractivity contribution >= 4 is 75.8 Å². The molecule has 0 amide bonds. The van der Waals surface area contributed by atoms with Crippen LogP contribution in [0.2, 0.25) is 0 Å². The second-order valence-electron chi connectivity index (χ2n) is 17.2. The van der Waals surface area contributed by atoms with E-state index in [1.165, 1.54) is 109 Å². The maximum absolute atomic E-state index is 6.52. The first-order chi connectivity index (χ1) is 29.5. The van der Waals surface area contributed by atoms with Crippen molar-refractivity contribution < 1.29 is 4.42 Å². The average Bonchev–Trinajstić information content (AvgIpc) is 3.77. The van der Waals surface area contributed by atoms with Crippen LogP contribution in [0.4, 0.5) is 0 Å². The summed E-state index contributed by atoms with van der Waals surface area (Å²) >= 11 is 0. The summed E-state index contributed by atoms with van der Waals surface area (Å²) < 4.78 is 6.52. The molecule has 1 nitrogen and oxygen atoms in total. The lowest BCUT2D eigenvalue weighted by Crippen LogP contribution is -2.15. The maximum Gasteiger partial charge on any atom is 0.136 e. The number of rotatable bonds is 3. The maximum atomic E-state index is 6.52. The van der Waals surface area contributed by atoms with E-state index >= 15 is 0 Å². The van der Waals surface area contributed by atoms with Crippen LogP contribution in [0.15, 0.2) is 199 Å². The van der Waals surface area contributed by atoms with Crippen LogP contribution in [-0.4, -0.2) is 0 Å². The largest absolute Gasteiger partial charge is 0.456 e. The van der Waals surface area contributed by atoms with E-state index in [0.717, 1.165) is 21.9 Å². The molecule has 1 aliphatic rings. The third-order valence-corrected chi connectivity index (χ3v) is 13.6. The molecule has 12 aromatic rings. The highest BCUT2D eigenvalue weighted by Crippen LogP contribution is 2.54. The summed E-state index contributed by atoms with van der Waals surface area (Å²) in [5.41, 5.74) is 14.6. The monoisotopic (exact) mass is 762 g/mol. The zero-order chi connectivity index (χ0) is 39.7. The summed E-state index contributed by atoms with van der Waals surface area (Å²) in [5.74, 6) is 0. The quantitative estimate of drug-likeness (QED) is 0.163. The van der Waals surface area contributed by atoms with Crippen molar-refractivity contribution in [1.29, 1.82) is 0 Å². The van der Waals surface area contributed by atoms with Gasteiger partial charge in [0, 0.05) is 16.2 Å². The van der Waals surface area contributed by atoms with Gasteiger partial charge < -0.3 is 4.42 Å². The molecule has 0 spiro atoms. The van der Waals surface area contributed by atoms with Crippen LogP contribution in [0.1, 0.15) is 25.0 Å². The fourth-order valence-electron chi connectivity index (χ4n) is 10.9. The van der Waals surface area contributed by atoms with E-state index in [0.29, 0.717) is 0 Å². The van der Waals surface area contributed by atoms with Gasteiger partial charge in [0.2, 0.25) is 0 Å². The first kappa shape index (κ1) is 33.5. The molecule has 0 unspecified atom stereocenters. The van der Waals surface area contributed by atoms with Crippen LogP contribution < -0.4 is 0 Å². The molecule has 0 aliphatic heterocycles. The van der Waals surface area contributed by atoms with Gasteiger partial charge in [0.1, 0.15) is 11.2 Å². The number of hydrogen-bond acceptors (Lipinski definition) is 1. The Morgan fingerprint density at radius 2 is 0.900 bits per heavy atom. The van der Waals surface area contributed by atoms with Gasteiger partial charge >= 0.3 is 0 Å². The molecule has 60 heavy (non-hydrogen) atoms. The molecule has 0 bridgehead atoms. The standard InChI is InChI=1S/C59H38O/c1-59(2)53-24-11-9-17-41(53)51-32-48(49-33-50-42-18-10-12-25-54(42)60-55(50)34-52(49)58(51)59)38-28-26-37-31-39(29-27-36(37)30-38)56-44-19-5-7-21-46(44)57(47-22-8-6-20-45(47)56)43-23-13-15-35-14-3-4-16-40(35)43/h3-34H,1-2H3. The molecule has 13 rings (SSSR count). The van der Waals surface area contributed by atoms with Crippen molar-refractivity contribution in [2.75, 3.05) is 0 Å². The lowest BCUT2D eigenvalue weighted by molar-refractivity contribution is 0.663. The smallest absolute Gasteiger partial charge is 0.136 e. The van der Waals surface area contributed by atoms with Crippen molar-refractivity contribution in [3.8, 4) is 44.5 Å². The van der Waals surface area contributed by atoms with Gasteiger partial charge in [0.05, 0.1) is 0 Å². The summed E-state index contributed by atoms with van der Waals surface area (Å²) in [5, 5.41) is 14.9. The highest BCUT2D eigenvalue weighted by molar-refractivity contribution is 6.24. The zero-order valence-electron chi connectivity index (χ0n) is 33.4. The van der Waals surface area contributed by atoms with Crippen molar-refractivity contribution in [3.05, 3.63) is 205 Å². The SMILES string of the molecule is CC1(C)c2ccccc2-c2cc(-c3ccc4cc(-c5c6ccccc6c(-c6cccc7ccccc67)c6ccccc56)ccc4c3)c3cc4c(cc3c21)oc1ccccc14. The second kappa shape index (κ2) is 12.3. The minimum Gasteiger partial charge on any atom is -0.456 e. The predicted octanol–water partition coefficient (Wildman–Crippen LogP) is 16.7. The second-order valence-corrected chi connectivity index (χ2v) is 17.2. The molecule has 0 radical (unpaired) electrons. The number of para-hydroxylation sites is 1. The molecule has 0 N–H and O–H groups in total. The van der Waals surface area contributed by atoms with E-state index in [9.17, 15) is 0 Å². The van der Waals surface area contributed by atoms with Crippen LogP contribution >= 0.6 is 0 Å². The van der Waals surface area contributed by atoms with Crippen molar-refractivity contribution in [3.63, 3.8) is 0 Å². The summed E-state index contributed by atoms with van der Waals surface area (Å²) in [6.07, 6.45) is 0. The van der Waals surface area contributed by atoms with Gasteiger partial charge in [-0.15, -0.1) is 0 Å². The molecule has 11 aromatic carbocycles. The fourth-order valence-corrected chi connectivity index (χ4v) is 10.9. The molecule has 1 heterocycles. The topological polar surface area (TPSA) is 13.1 Å². The Morgan fingerprint density at radius 3 is 1.67 bits per heavy atom. The van der Waals surface area contributed by atoms with E-state index in [1.54, 1.807) is 0 Å². The Balaban J connectivity index is 1.02. The zero-order valence-corrected chi connectivity index (χ0v) is 33.4. The summed E-state index contributed by atoms with van der Waals surface area (Å²) in [4.78, 5) is 0. The molecule has 280 valence electrons. The molecule has 1 aromatic heterocycles. The first-order valence-corrected chi connectivity index (χ1v) is 21.0. The third-order valence-electron chi connectivity index (χ3n) is 13.6. The van der Waals surface area contributed by atoms with Crippen molar-refractivity contribution in [2.24, 2.45) is 0 Å². The highest BCUT2D eigenvalue weighted by Gasteiger charge is 2.37. The number of benzene rings is 11. The van der Waals surface area contributed by atoms with Crippen LogP contribution in [0, 0.1) is 0 Å². The summed E-state index contributed by atoms with van der Waals surface area (Å²) in [6.45, 7) is 4.74. The molecular weight excluding hydrogens is 725 g/mol. The molecule has 1 aliphatic carbocycles. The van der Waals surface area contributed by atoms with Gasteiger partial charge in [-0.2, -0.15) is 0 Å². The lowest BCUT2D eigenvalue weighted by atomic mass is 9.79. The van der Waals surface area contributed by atoms with Gasteiger partial charge in [-0.3, -0.25) is 0 Å². The van der Waals surface area contributed by atoms with Crippen LogP contribution in [0.5, 0.6) is 0 Å². The van der Waals surface area contributed by atoms with Crippen molar-refractivity contribution in [2.45, 2.75) is 19.3 Å². The third kappa shape index (κ3) is 4.63. The molecule has 0 saturated heterocycles. The van der Waals surface area contributed by atoms with E-state index in [4.69, 9.17) is 4.42 Å². The molecule has 0 fully saturated rings. The number of furan rings is 1. The Morgan fingerprint density at radius 1 is 0.317 bits per heavy atom. The van der Waals surface area contributed by atoms with Crippen molar-refractivity contribution in [1.82, 2.24) is 0 Å². The van der Waals surface area contributed by atoms with Gasteiger partial charge in [0.25, 0.3) is 0 Å². The Labute approximate surface area is 347 Å². The minimum atomic E-state index is -0.149. The normalized spacial score (nSPS) is 13.3. The molecule has 1 heteroatoms. The van der Waals surface area contributed by atoms with Crippen LogP contribution in [-0.2, 0) is 5.41 Å². The van der Waals surface area contributed by atoms with Crippen LogP contribution in [0.25, 0.3) is 120 Å². The molecule has 0 saturated carbocycles. The van der Waals surface area contributed by atoms with Gasteiger partial charge in [-0.25, -0.2) is 0 Å². The molecule has 0 atom stereocenters. The average molecular weight is 763 g/mol. The van der Waals surface area contributed by atoms with E-state index < -0.39 is 0 Å². The highest BCUT2D eigenvalue weighted by atomic mass is 16.3. The fraction of sp³-hybridized carbons (Fsp3) is 0.0508.